The molecule has 0 atom stereocenters. The van der Waals surface area contributed by atoms with Crippen molar-refractivity contribution < 1.29 is 13.2 Å². The summed E-state index contributed by atoms with van der Waals surface area (Å²) in [6, 6.07) is 2.58. The van der Waals surface area contributed by atoms with Crippen LogP contribution in [0.15, 0.2) is 26.5 Å². The standard InChI is InChI=1S/C9H11BrN4O3S/c1-4-2-6(10)7(18(13,16)17)3-5(4)8(15)14-9(11)12/h2-3H,1H3,(H2,13,16,17)(H4,11,12,14,15). The van der Waals surface area contributed by atoms with Crippen molar-refractivity contribution in [2.75, 3.05) is 0 Å². The van der Waals surface area contributed by atoms with Crippen LogP contribution in [0.25, 0.3) is 0 Å². The summed E-state index contributed by atoms with van der Waals surface area (Å²) in [5, 5.41) is 5.02. The molecule has 0 radical (unpaired) electrons. The van der Waals surface area contributed by atoms with Gasteiger partial charge >= 0.3 is 0 Å². The summed E-state index contributed by atoms with van der Waals surface area (Å²) in [7, 11) is -3.94. The van der Waals surface area contributed by atoms with Crippen LogP contribution in [0.2, 0.25) is 0 Å². The van der Waals surface area contributed by atoms with Crippen LogP contribution in [0, 0.1) is 6.92 Å². The lowest BCUT2D eigenvalue weighted by molar-refractivity contribution is 0.100. The molecule has 0 saturated heterocycles. The van der Waals surface area contributed by atoms with E-state index >= 15 is 0 Å². The molecule has 7 nitrogen and oxygen atoms in total. The fourth-order valence-electron chi connectivity index (χ4n) is 1.28. The van der Waals surface area contributed by atoms with E-state index in [4.69, 9.17) is 16.6 Å². The molecule has 6 N–H and O–H groups in total. The van der Waals surface area contributed by atoms with E-state index in [-0.39, 0.29) is 14.9 Å². The van der Waals surface area contributed by atoms with Gasteiger partial charge in [-0.2, -0.15) is 4.99 Å². The quantitative estimate of drug-likeness (QED) is 0.508. The second-order valence-corrected chi connectivity index (χ2v) is 5.87. The van der Waals surface area contributed by atoms with Gasteiger partial charge in [0.1, 0.15) is 0 Å². The number of nitrogens with zero attached hydrogens (tertiary/aromatic N) is 1. The molecular weight excluding hydrogens is 324 g/mol. The van der Waals surface area contributed by atoms with Crippen molar-refractivity contribution in [3.63, 3.8) is 0 Å². The van der Waals surface area contributed by atoms with Crippen molar-refractivity contribution in [3.8, 4) is 0 Å². The maximum Gasteiger partial charge on any atom is 0.280 e. The Balaban J connectivity index is 3.49. The summed E-state index contributed by atoms with van der Waals surface area (Å²) in [6.07, 6.45) is 0. The van der Waals surface area contributed by atoms with Gasteiger partial charge < -0.3 is 11.5 Å². The second kappa shape index (κ2) is 5.04. The van der Waals surface area contributed by atoms with Crippen molar-refractivity contribution in [1.29, 1.82) is 0 Å². The van der Waals surface area contributed by atoms with E-state index in [9.17, 15) is 13.2 Å². The predicted molar refractivity (Wildman–Crippen MR) is 70.4 cm³/mol. The first kappa shape index (κ1) is 14.6. The summed E-state index contributed by atoms with van der Waals surface area (Å²) < 4.78 is 22.9. The van der Waals surface area contributed by atoms with Gasteiger partial charge in [-0.1, -0.05) is 0 Å². The molecule has 0 saturated carbocycles. The Morgan fingerprint density at radius 1 is 1.33 bits per heavy atom. The fourth-order valence-corrected chi connectivity index (χ4v) is 3.03. The smallest absolute Gasteiger partial charge is 0.280 e. The Labute approximate surface area is 112 Å². The van der Waals surface area contributed by atoms with Gasteiger partial charge in [0.15, 0.2) is 5.96 Å². The number of hydrogen-bond acceptors (Lipinski definition) is 3. The minimum Gasteiger partial charge on any atom is -0.370 e. The number of hydrogen-bond donors (Lipinski definition) is 3. The lowest BCUT2D eigenvalue weighted by Gasteiger charge is -2.07. The number of benzene rings is 1. The van der Waals surface area contributed by atoms with Crippen LogP contribution in [0.4, 0.5) is 0 Å². The molecule has 9 heteroatoms. The van der Waals surface area contributed by atoms with Crippen LogP contribution in [-0.4, -0.2) is 20.3 Å². The third kappa shape index (κ3) is 3.28. The van der Waals surface area contributed by atoms with Gasteiger partial charge in [0.05, 0.1) is 4.90 Å². The van der Waals surface area contributed by atoms with Crippen molar-refractivity contribution >= 4 is 37.8 Å². The van der Waals surface area contributed by atoms with Crippen LogP contribution in [0.3, 0.4) is 0 Å². The molecule has 18 heavy (non-hydrogen) atoms. The molecule has 0 aromatic heterocycles. The SMILES string of the molecule is Cc1cc(Br)c(S(N)(=O)=O)cc1C(=O)N=C(N)N. The van der Waals surface area contributed by atoms with Crippen molar-refractivity contribution in [3.05, 3.63) is 27.7 Å². The Hall–Kier alpha value is -1.45. The third-order valence-corrected chi connectivity index (χ3v) is 3.92. The number of nitrogens with two attached hydrogens (primary N) is 3. The number of amides is 1. The number of halogens is 1. The molecule has 0 unspecified atom stereocenters. The number of aryl methyl sites for hydroxylation is 1. The Kier molecular flexibility index (Phi) is 4.09. The Morgan fingerprint density at radius 3 is 2.33 bits per heavy atom. The highest BCUT2D eigenvalue weighted by atomic mass is 79.9. The number of carbonyl (C=O) groups is 1. The zero-order chi connectivity index (χ0) is 14.1. The fraction of sp³-hybridized carbons (Fsp3) is 0.111. The number of sulfonamides is 1. The van der Waals surface area contributed by atoms with E-state index in [1.54, 1.807) is 6.92 Å². The highest BCUT2D eigenvalue weighted by Gasteiger charge is 2.18. The first-order chi connectivity index (χ1) is 8.12. The number of rotatable bonds is 2. The molecule has 0 aliphatic carbocycles. The zero-order valence-electron chi connectivity index (χ0n) is 9.34. The summed E-state index contributed by atoms with van der Waals surface area (Å²) in [5.41, 5.74) is 10.8. The number of primary sulfonamides is 1. The van der Waals surface area contributed by atoms with Gasteiger partial charge in [0, 0.05) is 10.0 Å². The lowest BCUT2D eigenvalue weighted by atomic mass is 10.1. The van der Waals surface area contributed by atoms with Gasteiger partial charge in [0.25, 0.3) is 5.91 Å². The van der Waals surface area contributed by atoms with Gasteiger partial charge in [-0.05, 0) is 40.5 Å². The van der Waals surface area contributed by atoms with Crippen molar-refractivity contribution in [2.45, 2.75) is 11.8 Å². The first-order valence-electron chi connectivity index (χ1n) is 4.60. The normalized spacial score (nSPS) is 11.1. The predicted octanol–water partition coefficient (Wildman–Crippen LogP) is -0.181. The largest absolute Gasteiger partial charge is 0.370 e. The summed E-state index contributed by atoms with van der Waals surface area (Å²) >= 11 is 3.06. The summed E-state index contributed by atoms with van der Waals surface area (Å²) in [5.74, 6) is -1.13. The number of aliphatic imine (C=N–C) groups is 1. The average Bonchev–Trinajstić information content (AvgIpc) is 2.13. The second-order valence-electron chi connectivity index (χ2n) is 3.48. The Bertz CT molecular complexity index is 635. The van der Waals surface area contributed by atoms with E-state index in [0.717, 1.165) is 6.07 Å². The highest BCUT2D eigenvalue weighted by Crippen LogP contribution is 2.25. The van der Waals surface area contributed by atoms with E-state index in [1.807, 2.05) is 0 Å². The highest BCUT2D eigenvalue weighted by molar-refractivity contribution is 9.10. The maximum absolute atomic E-state index is 11.7. The van der Waals surface area contributed by atoms with Crippen LogP contribution < -0.4 is 16.6 Å². The van der Waals surface area contributed by atoms with Crippen LogP contribution in [0.5, 0.6) is 0 Å². The average molecular weight is 335 g/mol. The molecule has 0 aliphatic rings. The monoisotopic (exact) mass is 334 g/mol. The van der Waals surface area contributed by atoms with Gasteiger partial charge in [0.2, 0.25) is 10.0 Å². The molecule has 98 valence electrons. The molecule has 1 amide bonds. The molecule has 1 rings (SSSR count). The van der Waals surface area contributed by atoms with Gasteiger partial charge in [-0.15, -0.1) is 0 Å². The molecular formula is C9H11BrN4O3S. The van der Waals surface area contributed by atoms with E-state index < -0.39 is 21.9 Å². The zero-order valence-corrected chi connectivity index (χ0v) is 11.7. The molecule has 0 heterocycles. The van der Waals surface area contributed by atoms with Crippen molar-refractivity contribution in [2.24, 2.45) is 21.6 Å². The number of guanidine groups is 1. The van der Waals surface area contributed by atoms with E-state index in [1.165, 1.54) is 6.07 Å². The van der Waals surface area contributed by atoms with Crippen LogP contribution in [-0.2, 0) is 10.0 Å². The summed E-state index contributed by atoms with van der Waals surface area (Å²) in [6.45, 7) is 1.62. The summed E-state index contributed by atoms with van der Waals surface area (Å²) in [4.78, 5) is 14.8. The minimum absolute atomic E-state index is 0.0654. The first-order valence-corrected chi connectivity index (χ1v) is 6.93. The molecule has 0 aliphatic heterocycles. The molecule has 0 spiro atoms. The number of carbonyl (C=O) groups excluding carboxylic acids is 1. The van der Waals surface area contributed by atoms with Gasteiger partial charge in [-0.25, -0.2) is 13.6 Å². The molecule has 1 aromatic carbocycles. The topological polar surface area (TPSA) is 142 Å². The lowest BCUT2D eigenvalue weighted by Crippen LogP contribution is -2.24. The van der Waals surface area contributed by atoms with E-state index in [2.05, 4.69) is 20.9 Å². The molecule has 0 fully saturated rings. The maximum atomic E-state index is 11.7. The van der Waals surface area contributed by atoms with Crippen molar-refractivity contribution in [1.82, 2.24) is 0 Å². The molecule has 0 bridgehead atoms. The Morgan fingerprint density at radius 2 is 1.89 bits per heavy atom. The van der Waals surface area contributed by atoms with Gasteiger partial charge in [-0.3, -0.25) is 4.79 Å². The third-order valence-electron chi connectivity index (χ3n) is 2.05. The van der Waals surface area contributed by atoms with Crippen LogP contribution in [0.1, 0.15) is 15.9 Å². The minimum atomic E-state index is -3.94. The van der Waals surface area contributed by atoms with E-state index in [0.29, 0.717) is 5.56 Å². The molecule has 1 aromatic rings. The van der Waals surface area contributed by atoms with Crippen LogP contribution >= 0.6 is 15.9 Å².